The molecule has 0 heterocycles. The van der Waals surface area contributed by atoms with E-state index in [0.29, 0.717) is 11.1 Å². The Hall–Kier alpha value is -0.600. The van der Waals surface area contributed by atoms with Crippen molar-refractivity contribution in [2.45, 2.75) is 45.1 Å². The average molecular weight is 258 g/mol. The van der Waals surface area contributed by atoms with Crippen LogP contribution >= 0.6 is 11.6 Å². The lowest BCUT2D eigenvalue weighted by atomic mass is 10.0. The summed E-state index contributed by atoms with van der Waals surface area (Å²) < 4.78 is 12.9. The van der Waals surface area contributed by atoms with Crippen LogP contribution in [-0.2, 0) is 6.42 Å². The molecule has 1 unspecified atom stereocenters. The van der Waals surface area contributed by atoms with Gasteiger partial charge in [0.25, 0.3) is 0 Å². The van der Waals surface area contributed by atoms with Gasteiger partial charge in [0.05, 0.1) is 0 Å². The smallest absolute Gasteiger partial charge is 0.124 e. The number of hydrogen-bond donors (Lipinski definition) is 1. The highest BCUT2D eigenvalue weighted by Crippen LogP contribution is 2.19. The molecule has 0 saturated heterocycles. The van der Waals surface area contributed by atoms with Crippen LogP contribution in [0.5, 0.6) is 0 Å². The van der Waals surface area contributed by atoms with Crippen molar-refractivity contribution in [3.8, 4) is 0 Å². The van der Waals surface area contributed by atoms with Crippen LogP contribution in [0.2, 0.25) is 5.02 Å². The van der Waals surface area contributed by atoms with Crippen LogP contribution in [0.4, 0.5) is 4.39 Å². The number of halogens is 2. The van der Waals surface area contributed by atoms with E-state index in [2.05, 4.69) is 12.2 Å². The first-order valence-corrected chi connectivity index (χ1v) is 6.66. The SMILES string of the molecule is CCCC(CCCc1ccc(F)cc1Cl)NC. The second-order valence-corrected chi connectivity index (χ2v) is 4.81. The molecule has 1 aromatic carbocycles. The summed E-state index contributed by atoms with van der Waals surface area (Å²) in [6.07, 6.45) is 5.53. The van der Waals surface area contributed by atoms with Gasteiger partial charge in [-0.05, 0) is 50.4 Å². The van der Waals surface area contributed by atoms with Crippen LogP contribution in [0.25, 0.3) is 0 Å². The zero-order valence-corrected chi connectivity index (χ0v) is 11.4. The van der Waals surface area contributed by atoms with Crippen molar-refractivity contribution in [1.29, 1.82) is 0 Å². The summed E-state index contributed by atoms with van der Waals surface area (Å²) in [5.74, 6) is -0.266. The third-order valence-electron chi connectivity index (χ3n) is 3.06. The Labute approximate surface area is 108 Å². The summed E-state index contributed by atoms with van der Waals surface area (Å²) in [6, 6.07) is 5.23. The maximum atomic E-state index is 12.9. The summed E-state index contributed by atoms with van der Waals surface area (Å²) in [5, 5.41) is 3.86. The summed E-state index contributed by atoms with van der Waals surface area (Å²) >= 11 is 5.98. The van der Waals surface area contributed by atoms with Crippen molar-refractivity contribution in [2.24, 2.45) is 0 Å². The fourth-order valence-electron chi connectivity index (χ4n) is 2.04. The molecule has 17 heavy (non-hydrogen) atoms. The lowest BCUT2D eigenvalue weighted by Crippen LogP contribution is -2.24. The molecule has 0 amide bonds. The number of aryl methyl sites for hydroxylation is 1. The second-order valence-electron chi connectivity index (χ2n) is 4.40. The first kappa shape index (κ1) is 14.5. The molecule has 0 saturated carbocycles. The van der Waals surface area contributed by atoms with E-state index in [1.54, 1.807) is 6.07 Å². The molecule has 0 aliphatic rings. The van der Waals surface area contributed by atoms with Gasteiger partial charge in [-0.2, -0.15) is 0 Å². The molecule has 3 heteroatoms. The third kappa shape index (κ3) is 5.05. The van der Waals surface area contributed by atoms with E-state index < -0.39 is 0 Å². The molecule has 0 aliphatic carbocycles. The normalized spacial score (nSPS) is 12.7. The second kappa shape index (κ2) is 7.67. The molecule has 1 rings (SSSR count). The monoisotopic (exact) mass is 257 g/mol. The fourth-order valence-corrected chi connectivity index (χ4v) is 2.31. The van der Waals surface area contributed by atoms with Gasteiger partial charge >= 0.3 is 0 Å². The molecule has 0 fully saturated rings. The maximum Gasteiger partial charge on any atom is 0.124 e. The van der Waals surface area contributed by atoms with E-state index >= 15 is 0 Å². The maximum absolute atomic E-state index is 12.9. The molecule has 0 aromatic heterocycles. The summed E-state index contributed by atoms with van der Waals surface area (Å²) in [5.41, 5.74) is 1.04. The number of nitrogens with one attached hydrogen (secondary N) is 1. The molecular weight excluding hydrogens is 237 g/mol. The van der Waals surface area contributed by atoms with E-state index in [4.69, 9.17) is 11.6 Å². The van der Waals surface area contributed by atoms with Crippen molar-refractivity contribution in [3.05, 3.63) is 34.6 Å². The Morgan fingerprint density at radius 2 is 2.12 bits per heavy atom. The predicted octanol–water partition coefficient (Wildman–Crippen LogP) is 4.19. The Kier molecular flexibility index (Phi) is 6.53. The van der Waals surface area contributed by atoms with Gasteiger partial charge in [0.1, 0.15) is 5.82 Å². The van der Waals surface area contributed by atoms with Gasteiger partial charge in [0, 0.05) is 11.1 Å². The number of rotatable bonds is 7. The molecular formula is C14H21ClFN. The van der Waals surface area contributed by atoms with Gasteiger partial charge in [-0.15, -0.1) is 0 Å². The average Bonchev–Trinajstić information content (AvgIpc) is 2.30. The minimum Gasteiger partial charge on any atom is -0.317 e. The van der Waals surface area contributed by atoms with E-state index in [-0.39, 0.29) is 5.82 Å². The van der Waals surface area contributed by atoms with Gasteiger partial charge in [0.15, 0.2) is 0 Å². The highest BCUT2D eigenvalue weighted by Gasteiger charge is 2.06. The zero-order valence-electron chi connectivity index (χ0n) is 10.6. The quantitative estimate of drug-likeness (QED) is 0.772. The molecule has 1 aromatic rings. The standard InChI is InChI=1S/C14H21ClFN/c1-3-5-13(17-2)7-4-6-11-8-9-12(16)10-14(11)15/h8-10,13,17H,3-7H2,1-2H3. The van der Waals surface area contributed by atoms with E-state index in [9.17, 15) is 4.39 Å². The zero-order chi connectivity index (χ0) is 12.7. The fraction of sp³-hybridized carbons (Fsp3) is 0.571. The summed E-state index contributed by atoms with van der Waals surface area (Å²) in [6.45, 7) is 2.20. The minimum absolute atomic E-state index is 0.266. The van der Waals surface area contributed by atoms with Crippen molar-refractivity contribution < 1.29 is 4.39 Å². The van der Waals surface area contributed by atoms with E-state index in [1.807, 2.05) is 7.05 Å². The number of hydrogen-bond acceptors (Lipinski definition) is 1. The largest absolute Gasteiger partial charge is 0.317 e. The number of benzene rings is 1. The van der Waals surface area contributed by atoms with Crippen LogP contribution in [0, 0.1) is 5.82 Å². The van der Waals surface area contributed by atoms with Crippen LogP contribution in [-0.4, -0.2) is 13.1 Å². The molecule has 0 spiro atoms. The minimum atomic E-state index is -0.266. The topological polar surface area (TPSA) is 12.0 Å². The third-order valence-corrected chi connectivity index (χ3v) is 3.41. The van der Waals surface area contributed by atoms with E-state index in [1.165, 1.54) is 25.0 Å². The highest BCUT2D eigenvalue weighted by molar-refractivity contribution is 6.31. The predicted molar refractivity (Wildman–Crippen MR) is 72.1 cm³/mol. The molecule has 96 valence electrons. The Bertz CT molecular complexity index is 341. The molecule has 1 N–H and O–H groups in total. The molecule has 1 nitrogen and oxygen atoms in total. The first-order valence-electron chi connectivity index (χ1n) is 6.28. The van der Waals surface area contributed by atoms with Gasteiger partial charge < -0.3 is 5.32 Å². The lowest BCUT2D eigenvalue weighted by Gasteiger charge is -2.15. The molecule has 0 radical (unpaired) electrons. The van der Waals surface area contributed by atoms with Crippen molar-refractivity contribution >= 4 is 11.6 Å². The Balaban J connectivity index is 2.39. The van der Waals surface area contributed by atoms with Crippen LogP contribution in [0.1, 0.15) is 38.2 Å². The van der Waals surface area contributed by atoms with Gasteiger partial charge in [-0.1, -0.05) is 31.0 Å². The van der Waals surface area contributed by atoms with Crippen LogP contribution in [0.15, 0.2) is 18.2 Å². The van der Waals surface area contributed by atoms with Crippen molar-refractivity contribution in [1.82, 2.24) is 5.32 Å². The van der Waals surface area contributed by atoms with Gasteiger partial charge in [-0.25, -0.2) is 4.39 Å². The van der Waals surface area contributed by atoms with Crippen LogP contribution in [0.3, 0.4) is 0 Å². The van der Waals surface area contributed by atoms with Crippen molar-refractivity contribution in [2.75, 3.05) is 7.05 Å². The first-order chi connectivity index (χ1) is 8.17. The highest BCUT2D eigenvalue weighted by atomic mass is 35.5. The van der Waals surface area contributed by atoms with Crippen molar-refractivity contribution in [3.63, 3.8) is 0 Å². The van der Waals surface area contributed by atoms with Gasteiger partial charge in [0.2, 0.25) is 0 Å². The van der Waals surface area contributed by atoms with E-state index in [0.717, 1.165) is 24.8 Å². The Morgan fingerprint density at radius 1 is 1.35 bits per heavy atom. The van der Waals surface area contributed by atoms with Crippen LogP contribution < -0.4 is 5.32 Å². The molecule has 1 atom stereocenters. The summed E-state index contributed by atoms with van der Waals surface area (Å²) in [7, 11) is 2.01. The lowest BCUT2D eigenvalue weighted by molar-refractivity contribution is 0.469. The molecule has 0 bridgehead atoms. The summed E-state index contributed by atoms with van der Waals surface area (Å²) in [4.78, 5) is 0. The van der Waals surface area contributed by atoms with Gasteiger partial charge in [-0.3, -0.25) is 0 Å². The Morgan fingerprint density at radius 3 is 2.71 bits per heavy atom. The molecule has 0 aliphatic heterocycles.